The molecule has 1 unspecified atom stereocenters. The molecular formula is C9H11N3O4. The Morgan fingerprint density at radius 2 is 2.31 bits per heavy atom. The number of nitrogens with one attached hydrogen (secondary N) is 1. The molecule has 0 aromatic carbocycles. The first kappa shape index (κ1) is 11.9. The molecule has 0 saturated heterocycles. The van der Waals surface area contributed by atoms with Gasteiger partial charge >= 0.3 is 11.7 Å². The fourth-order valence-corrected chi connectivity index (χ4v) is 1.15. The lowest BCUT2D eigenvalue weighted by atomic mass is 10.3. The van der Waals surface area contributed by atoms with Gasteiger partial charge in [-0.15, -0.1) is 0 Å². The van der Waals surface area contributed by atoms with E-state index in [1.807, 2.05) is 0 Å². The van der Waals surface area contributed by atoms with Crippen LogP contribution in [0.1, 0.15) is 6.92 Å². The van der Waals surface area contributed by atoms with Gasteiger partial charge in [0.2, 0.25) is 5.91 Å². The number of carboxylic acid groups (broad SMARTS) is 1. The molecule has 1 amide bonds. The van der Waals surface area contributed by atoms with E-state index in [0.717, 1.165) is 4.57 Å². The Bertz CT molecular complexity index is 454. The van der Waals surface area contributed by atoms with Crippen LogP contribution in [0.15, 0.2) is 23.3 Å². The summed E-state index contributed by atoms with van der Waals surface area (Å²) >= 11 is 0. The Balaban J connectivity index is 2.84. The van der Waals surface area contributed by atoms with Crippen molar-refractivity contribution >= 4 is 11.9 Å². The van der Waals surface area contributed by atoms with Crippen LogP contribution in [0.4, 0.5) is 0 Å². The highest BCUT2D eigenvalue weighted by atomic mass is 16.4. The minimum absolute atomic E-state index is 0.151. The number of hydrogen-bond acceptors (Lipinski definition) is 4. The SMILES string of the molecule is CC(=O)NC(Cn1cccnc1=O)C(=O)O. The number of aliphatic carboxylic acids is 1. The largest absolute Gasteiger partial charge is 0.480 e. The van der Waals surface area contributed by atoms with Crippen LogP contribution < -0.4 is 11.0 Å². The van der Waals surface area contributed by atoms with Crippen LogP contribution >= 0.6 is 0 Å². The highest BCUT2D eigenvalue weighted by molar-refractivity contribution is 5.81. The summed E-state index contributed by atoms with van der Waals surface area (Å²) in [6.45, 7) is 1.06. The van der Waals surface area contributed by atoms with Crippen molar-refractivity contribution in [2.24, 2.45) is 0 Å². The van der Waals surface area contributed by atoms with Gasteiger partial charge in [-0.1, -0.05) is 0 Å². The third kappa shape index (κ3) is 3.19. The first-order valence-corrected chi connectivity index (χ1v) is 4.52. The van der Waals surface area contributed by atoms with E-state index in [-0.39, 0.29) is 6.54 Å². The standard InChI is InChI=1S/C9H11N3O4/c1-6(13)11-7(8(14)15)5-12-4-2-3-10-9(12)16/h2-4,7H,5H2,1H3,(H,11,13)(H,14,15). The van der Waals surface area contributed by atoms with Gasteiger partial charge in [-0.25, -0.2) is 14.6 Å². The summed E-state index contributed by atoms with van der Waals surface area (Å²) in [5.41, 5.74) is -0.556. The molecule has 0 radical (unpaired) electrons. The van der Waals surface area contributed by atoms with Crippen LogP contribution in [-0.4, -0.2) is 32.6 Å². The molecule has 7 nitrogen and oxygen atoms in total. The summed E-state index contributed by atoms with van der Waals surface area (Å²) < 4.78 is 1.12. The molecule has 16 heavy (non-hydrogen) atoms. The van der Waals surface area contributed by atoms with Crippen molar-refractivity contribution in [3.8, 4) is 0 Å². The molecule has 2 N–H and O–H groups in total. The predicted molar refractivity (Wildman–Crippen MR) is 53.7 cm³/mol. The summed E-state index contributed by atoms with van der Waals surface area (Å²) in [7, 11) is 0. The van der Waals surface area contributed by atoms with E-state index < -0.39 is 23.6 Å². The summed E-state index contributed by atoms with van der Waals surface area (Å²) in [4.78, 5) is 36.2. The van der Waals surface area contributed by atoms with E-state index in [2.05, 4.69) is 10.3 Å². The Kier molecular flexibility index (Phi) is 3.76. The molecule has 0 aliphatic carbocycles. The van der Waals surface area contributed by atoms with E-state index in [0.29, 0.717) is 0 Å². The molecule has 0 aliphatic rings. The van der Waals surface area contributed by atoms with Gasteiger partial charge in [0, 0.05) is 19.3 Å². The second kappa shape index (κ2) is 5.06. The molecule has 86 valence electrons. The van der Waals surface area contributed by atoms with Crippen LogP contribution in [-0.2, 0) is 16.1 Å². The molecule has 7 heteroatoms. The van der Waals surface area contributed by atoms with Gasteiger partial charge < -0.3 is 10.4 Å². The van der Waals surface area contributed by atoms with E-state index in [1.54, 1.807) is 0 Å². The van der Waals surface area contributed by atoms with E-state index in [1.165, 1.54) is 25.4 Å². The zero-order chi connectivity index (χ0) is 12.1. The maximum Gasteiger partial charge on any atom is 0.347 e. The number of carboxylic acids is 1. The molecule has 0 aliphatic heterocycles. The first-order valence-electron chi connectivity index (χ1n) is 4.52. The van der Waals surface area contributed by atoms with E-state index >= 15 is 0 Å². The van der Waals surface area contributed by atoms with Crippen molar-refractivity contribution in [2.75, 3.05) is 0 Å². The zero-order valence-electron chi connectivity index (χ0n) is 8.58. The molecule has 1 aromatic rings. The number of aromatic nitrogens is 2. The number of hydrogen-bond donors (Lipinski definition) is 2. The van der Waals surface area contributed by atoms with Gasteiger partial charge in [0.1, 0.15) is 6.04 Å². The highest BCUT2D eigenvalue weighted by Crippen LogP contribution is 1.90. The average molecular weight is 225 g/mol. The number of nitrogens with zero attached hydrogens (tertiary/aromatic N) is 2. The van der Waals surface area contributed by atoms with Gasteiger partial charge in [-0.3, -0.25) is 9.36 Å². The summed E-state index contributed by atoms with van der Waals surface area (Å²) in [6, 6.07) is 0.369. The minimum Gasteiger partial charge on any atom is -0.480 e. The van der Waals surface area contributed by atoms with Crippen molar-refractivity contribution in [3.05, 3.63) is 28.9 Å². The molecule has 0 spiro atoms. The molecule has 0 fully saturated rings. The van der Waals surface area contributed by atoms with Crippen molar-refractivity contribution in [1.29, 1.82) is 0 Å². The number of carbonyl (C=O) groups excluding carboxylic acids is 1. The number of rotatable bonds is 4. The lowest BCUT2D eigenvalue weighted by molar-refractivity contribution is -0.142. The lowest BCUT2D eigenvalue weighted by Crippen LogP contribution is -2.44. The second-order valence-corrected chi connectivity index (χ2v) is 3.15. The molecule has 0 saturated carbocycles. The monoisotopic (exact) mass is 225 g/mol. The normalized spacial score (nSPS) is 11.8. The fraction of sp³-hybridized carbons (Fsp3) is 0.333. The van der Waals surface area contributed by atoms with E-state index in [9.17, 15) is 14.4 Å². The lowest BCUT2D eigenvalue weighted by Gasteiger charge is -2.13. The Hall–Kier alpha value is -2.18. The maximum atomic E-state index is 11.2. The number of carbonyl (C=O) groups is 2. The molecule has 1 atom stereocenters. The number of amides is 1. The molecule has 1 aromatic heterocycles. The Morgan fingerprint density at radius 3 is 2.81 bits per heavy atom. The van der Waals surface area contributed by atoms with Gasteiger partial charge in [0.05, 0.1) is 6.54 Å². The van der Waals surface area contributed by atoms with Crippen molar-refractivity contribution in [1.82, 2.24) is 14.9 Å². The third-order valence-corrected chi connectivity index (χ3v) is 1.84. The molecule has 1 rings (SSSR count). The topological polar surface area (TPSA) is 101 Å². The summed E-state index contributed by atoms with van der Waals surface area (Å²) in [5.74, 6) is -1.67. The van der Waals surface area contributed by atoms with Crippen LogP contribution in [0.3, 0.4) is 0 Å². The molecule has 0 bridgehead atoms. The van der Waals surface area contributed by atoms with Crippen molar-refractivity contribution < 1.29 is 14.7 Å². The predicted octanol–water partition coefficient (Wildman–Crippen LogP) is -1.17. The van der Waals surface area contributed by atoms with Gasteiger partial charge in [-0.05, 0) is 6.07 Å². The van der Waals surface area contributed by atoms with Crippen LogP contribution in [0.25, 0.3) is 0 Å². The summed E-state index contributed by atoms with van der Waals surface area (Å²) in [5, 5.41) is 11.1. The second-order valence-electron chi connectivity index (χ2n) is 3.15. The Labute approximate surface area is 90.7 Å². The molecular weight excluding hydrogens is 214 g/mol. The average Bonchev–Trinajstić information content (AvgIpc) is 2.19. The van der Waals surface area contributed by atoms with Gasteiger partial charge in [-0.2, -0.15) is 0 Å². The highest BCUT2D eigenvalue weighted by Gasteiger charge is 2.19. The van der Waals surface area contributed by atoms with Crippen LogP contribution in [0.2, 0.25) is 0 Å². The molecule has 1 heterocycles. The van der Waals surface area contributed by atoms with Gasteiger partial charge in [0.15, 0.2) is 0 Å². The first-order chi connectivity index (χ1) is 7.50. The van der Waals surface area contributed by atoms with Crippen LogP contribution in [0, 0.1) is 0 Å². The van der Waals surface area contributed by atoms with Crippen molar-refractivity contribution in [3.63, 3.8) is 0 Å². The Morgan fingerprint density at radius 1 is 1.62 bits per heavy atom. The van der Waals surface area contributed by atoms with Crippen molar-refractivity contribution in [2.45, 2.75) is 19.5 Å². The zero-order valence-corrected chi connectivity index (χ0v) is 8.58. The van der Waals surface area contributed by atoms with Crippen LogP contribution in [0.5, 0.6) is 0 Å². The van der Waals surface area contributed by atoms with E-state index in [4.69, 9.17) is 5.11 Å². The van der Waals surface area contributed by atoms with Gasteiger partial charge in [0.25, 0.3) is 0 Å². The quantitative estimate of drug-likeness (QED) is 0.672. The minimum atomic E-state index is -1.20. The summed E-state index contributed by atoms with van der Waals surface area (Å²) in [6.07, 6.45) is 2.72. The smallest absolute Gasteiger partial charge is 0.347 e. The fourth-order valence-electron chi connectivity index (χ4n) is 1.15. The maximum absolute atomic E-state index is 11.2. The third-order valence-electron chi connectivity index (χ3n) is 1.84.